The molecule has 1 unspecified atom stereocenters. The Morgan fingerprint density at radius 1 is 1.13 bits per heavy atom. The Morgan fingerprint density at radius 3 is 2.63 bits per heavy atom. The maximum atomic E-state index is 13.7. The molecule has 0 aliphatic carbocycles. The van der Waals surface area contributed by atoms with Crippen LogP contribution in [0.5, 0.6) is 0 Å². The summed E-state index contributed by atoms with van der Waals surface area (Å²) in [5.74, 6) is -0.822. The van der Waals surface area contributed by atoms with E-state index in [4.69, 9.17) is 0 Å². The number of hydrogen-bond acceptors (Lipinski definition) is 4. The maximum absolute atomic E-state index is 13.7. The summed E-state index contributed by atoms with van der Waals surface area (Å²) < 4.78 is 13.7. The average Bonchev–Trinajstić information content (AvgIpc) is 3.28. The van der Waals surface area contributed by atoms with Gasteiger partial charge in [-0.1, -0.05) is 31.5 Å². The van der Waals surface area contributed by atoms with Crippen LogP contribution in [0, 0.1) is 5.82 Å². The summed E-state index contributed by atoms with van der Waals surface area (Å²) in [6, 6.07) is 13.5. The molecule has 1 aliphatic heterocycles. The van der Waals surface area contributed by atoms with Crippen LogP contribution in [0.3, 0.4) is 0 Å². The van der Waals surface area contributed by atoms with Crippen molar-refractivity contribution in [3.05, 3.63) is 54.3 Å². The van der Waals surface area contributed by atoms with Gasteiger partial charge in [0, 0.05) is 29.4 Å². The third-order valence-electron chi connectivity index (χ3n) is 5.01. The van der Waals surface area contributed by atoms with Crippen molar-refractivity contribution >= 4 is 35.0 Å². The first-order valence-electron chi connectivity index (χ1n) is 10.4. The second kappa shape index (κ2) is 11.0. The van der Waals surface area contributed by atoms with Crippen LogP contribution in [0.1, 0.15) is 32.6 Å². The highest BCUT2D eigenvalue weighted by atomic mass is 32.2. The van der Waals surface area contributed by atoms with Gasteiger partial charge in [-0.05, 0) is 49.6 Å². The fourth-order valence-corrected chi connectivity index (χ4v) is 4.23. The van der Waals surface area contributed by atoms with Crippen molar-refractivity contribution in [3.8, 4) is 0 Å². The topological polar surface area (TPSA) is 61.4 Å². The van der Waals surface area contributed by atoms with Gasteiger partial charge in [0.1, 0.15) is 11.9 Å². The van der Waals surface area contributed by atoms with Crippen LogP contribution in [0.25, 0.3) is 0 Å². The number of hydrogen-bond donors (Lipinski definition) is 2. The van der Waals surface area contributed by atoms with E-state index in [1.807, 2.05) is 31.2 Å². The molecule has 0 bridgehead atoms. The zero-order chi connectivity index (χ0) is 21.3. The fourth-order valence-electron chi connectivity index (χ4n) is 3.48. The third kappa shape index (κ3) is 6.23. The summed E-state index contributed by atoms with van der Waals surface area (Å²) >= 11 is 1.12. The number of benzene rings is 2. The second-order valence-electron chi connectivity index (χ2n) is 7.36. The van der Waals surface area contributed by atoms with Gasteiger partial charge in [-0.25, -0.2) is 4.39 Å². The first-order valence-corrected chi connectivity index (χ1v) is 11.4. The van der Waals surface area contributed by atoms with E-state index in [2.05, 4.69) is 15.5 Å². The van der Waals surface area contributed by atoms with E-state index in [-0.39, 0.29) is 23.4 Å². The number of halogens is 1. The van der Waals surface area contributed by atoms with Crippen molar-refractivity contribution in [2.75, 3.05) is 29.1 Å². The Morgan fingerprint density at radius 2 is 1.90 bits per heavy atom. The van der Waals surface area contributed by atoms with Gasteiger partial charge in [0.05, 0.1) is 5.75 Å². The second-order valence-corrected chi connectivity index (χ2v) is 8.38. The van der Waals surface area contributed by atoms with Gasteiger partial charge < -0.3 is 15.5 Å². The minimum absolute atomic E-state index is 0.0544. The van der Waals surface area contributed by atoms with E-state index in [0.29, 0.717) is 11.3 Å². The van der Waals surface area contributed by atoms with Crippen LogP contribution < -0.4 is 15.5 Å². The number of carbonyl (C=O) groups is 2. The molecule has 0 aromatic heterocycles. The van der Waals surface area contributed by atoms with Crippen LogP contribution in [-0.2, 0) is 9.59 Å². The van der Waals surface area contributed by atoms with E-state index in [9.17, 15) is 14.0 Å². The van der Waals surface area contributed by atoms with Crippen molar-refractivity contribution < 1.29 is 14.0 Å². The minimum Gasteiger partial charge on any atom is -0.371 e. The molecule has 0 saturated carbocycles. The lowest BCUT2D eigenvalue weighted by atomic mass is 10.1. The molecule has 160 valence electrons. The average molecular weight is 430 g/mol. The predicted molar refractivity (Wildman–Crippen MR) is 120 cm³/mol. The van der Waals surface area contributed by atoms with Gasteiger partial charge in [0.15, 0.2) is 0 Å². The van der Waals surface area contributed by atoms with Crippen LogP contribution in [0.4, 0.5) is 15.8 Å². The van der Waals surface area contributed by atoms with Gasteiger partial charge in [-0.2, -0.15) is 0 Å². The van der Waals surface area contributed by atoms with Crippen molar-refractivity contribution in [1.29, 1.82) is 0 Å². The number of amides is 2. The summed E-state index contributed by atoms with van der Waals surface area (Å²) in [6.45, 7) is 4.03. The highest BCUT2D eigenvalue weighted by Crippen LogP contribution is 2.24. The molecule has 0 radical (unpaired) electrons. The van der Waals surface area contributed by atoms with Crippen LogP contribution in [0.2, 0.25) is 0 Å². The van der Waals surface area contributed by atoms with Gasteiger partial charge in [-0.3, -0.25) is 9.59 Å². The van der Waals surface area contributed by atoms with Gasteiger partial charge in [0.2, 0.25) is 11.8 Å². The van der Waals surface area contributed by atoms with E-state index in [1.54, 1.807) is 18.2 Å². The van der Waals surface area contributed by atoms with Crippen LogP contribution in [-0.4, -0.2) is 36.7 Å². The smallest absolute Gasteiger partial charge is 0.246 e. The lowest BCUT2D eigenvalue weighted by Crippen LogP contribution is -2.44. The Hall–Kier alpha value is -2.54. The molecule has 2 amide bonds. The Bertz CT molecular complexity index is 871. The largest absolute Gasteiger partial charge is 0.371 e. The summed E-state index contributed by atoms with van der Waals surface area (Å²) in [5.41, 5.74) is 1.82. The van der Waals surface area contributed by atoms with E-state index in [0.717, 1.165) is 42.6 Å². The Labute approximate surface area is 181 Å². The minimum atomic E-state index is -0.626. The number of thioether (sulfide) groups is 1. The zero-order valence-electron chi connectivity index (χ0n) is 17.2. The van der Waals surface area contributed by atoms with E-state index >= 15 is 0 Å². The van der Waals surface area contributed by atoms with E-state index in [1.165, 1.54) is 18.9 Å². The lowest BCUT2D eigenvalue weighted by molar-refractivity contribution is -0.125. The third-order valence-corrected chi connectivity index (χ3v) is 6.06. The SMILES string of the molecule is CCCC(NC(=O)CSc1ccccc1F)C(=O)Nc1cccc(N2CCCC2)c1. The molecule has 1 saturated heterocycles. The molecule has 1 aliphatic rings. The molecule has 1 fully saturated rings. The predicted octanol–water partition coefficient (Wildman–Crippen LogP) is 4.44. The molecule has 3 rings (SSSR count). The van der Waals surface area contributed by atoms with Crippen molar-refractivity contribution in [3.63, 3.8) is 0 Å². The highest BCUT2D eigenvalue weighted by molar-refractivity contribution is 8.00. The molecular weight excluding hydrogens is 401 g/mol. The Balaban J connectivity index is 1.57. The van der Waals surface area contributed by atoms with Crippen molar-refractivity contribution in [2.24, 2.45) is 0 Å². The van der Waals surface area contributed by atoms with Gasteiger partial charge in [-0.15, -0.1) is 11.8 Å². The van der Waals surface area contributed by atoms with Gasteiger partial charge >= 0.3 is 0 Å². The lowest BCUT2D eigenvalue weighted by Gasteiger charge is -2.20. The zero-order valence-corrected chi connectivity index (χ0v) is 18.0. The maximum Gasteiger partial charge on any atom is 0.246 e. The first kappa shape index (κ1) is 22.2. The Kier molecular flexibility index (Phi) is 8.13. The van der Waals surface area contributed by atoms with E-state index < -0.39 is 6.04 Å². The molecule has 5 nitrogen and oxygen atoms in total. The molecule has 2 aromatic carbocycles. The van der Waals surface area contributed by atoms with Crippen LogP contribution in [0.15, 0.2) is 53.4 Å². The first-order chi connectivity index (χ1) is 14.6. The van der Waals surface area contributed by atoms with Crippen LogP contribution >= 0.6 is 11.8 Å². The molecule has 0 spiro atoms. The number of carbonyl (C=O) groups excluding carboxylic acids is 2. The number of nitrogens with zero attached hydrogens (tertiary/aromatic N) is 1. The van der Waals surface area contributed by atoms with Crippen molar-refractivity contribution in [1.82, 2.24) is 5.32 Å². The standard InChI is InChI=1S/C23H28FN3O2S/c1-2-8-20(26-22(28)16-30-21-12-4-3-11-19(21)24)23(29)25-17-9-7-10-18(15-17)27-13-5-6-14-27/h3-4,7,9-12,15,20H,2,5-6,8,13-14,16H2,1H3,(H,25,29)(H,26,28). The molecule has 1 heterocycles. The molecule has 2 N–H and O–H groups in total. The molecule has 7 heteroatoms. The number of nitrogens with one attached hydrogen (secondary N) is 2. The number of rotatable bonds is 9. The normalized spacial score (nSPS) is 14.4. The monoisotopic (exact) mass is 429 g/mol. The summed E-state index contributed by atoms with van der Waals surface area (Å²) in [7, 11) is 0. The number of anilines is 2. The molecular formula is C23H28FN3O2S. The van der Waals surface area contributed by atoms with Crippen molar-refractivity contribution in [2.45, 2.75) is 43.5 Å². The molecule has 1 atom stereocenters. The summed E-state index contributed by atoms with van der Waals surface area (Å²) in [4.78, 5) is 27.9. The van der Waals surface area contributed by atoms with Gasteiger partial charge in [0.25, 0.3) is 0 Å². The fraction of sp³-hybridized carbons (Fsp3) is 0.391. The molecule has 30 heavy (non-hydrogen) atoms. The summed E-state index contributed by atoms with van der Waals surface area (Å²) in [5, 5.41) is 5.72. The molecule has 2 aromatic rings. The summed E-state index contributed by atoms with van der Waals surface area (Å²) in [6.07, 6.45) is 3.67. The highest BCUT2D eigenvalue weighted by Gasteiger charge is 2.21. The quantitative estimate of drug-likeness (QED) is 0.579.